The molecular weight excluding hydrogens is 314 g/mol. The molecule has 0 N–H and O–H groups in total. The SMILES string of the molecule is CC(C)[Si](O[C@@]1(N=[N+]=[N-])C=C[C@H](C(C)(C)C)CC1)(C(C)C)C(C)C. The van der Waals surface area contributed by atoms with Gasteiger partial charge in [-0.05, 0) is 46.3 Å². The molecule has 1 rings (SSSR count). The Hall–Kier alpha value is -0.773. The lowest BCUT2D eigenvalue weighted by atomic mass is 9.74. The molecule has 0 saturated heterocycles. The van der Waals surface area contributed by atoms with Crippen LogP contribution in [0.2, 0.25) is 16.6 Å². The highest BCUT2D eigenvalue weighted by molar-refractivity contribution is 6.77. The fraction of sp³-hybridized carbons (Fsp3) is 0.895. The first-order valence-corrected chi connectivity index (χ1v) is 11.5. The molecule has 0 aromatic heterocycles. The van der Waals surface area contributed by atoms with Crippen molar-refractivity contribution < 1.29 is 4.43 Å². The van der Waals surface area contributed by atoms with Crippen LogP contribution in [0.1, 0.15) is 75.2 Å². The zero-order valence-corrected chi connectivity index (χ0v) is 18.1. The summed E-state index contributed by atoms with van der Waals surface area (Å²) in [7, 11) is -2.11. The van der Waals surface area contributed by atoms with Crippen molar-refractivity contribution >= 4 is 8.32 Å². The van der Waals surface area contributed by atoms with Crippen LogP contribution in [0.5, 0.6) is 0 Å². The monoisotopic (exact) mass is 351 g/mol. The first-order chi connectivity index (χ1) is 10.9. The topological polar surface area (TPSA) is 58.0 Å². The summed E-state index contributed by atoms with van der Waals surface area (Å²) >= 11 is 0. The third-order valence-electron chi connectivity index (χ3n) is 5.79. The minimum atomic E-state index is -2.11. The van der Waals surface area contributed by atoms with Crippen LogP contribution in [0.25, 0.3) is 10.4 Å². The number of azide groups is 1. The van der Waals surface area contributed by atoms with Crippen LogP contribution in [0, 0.1) is 11.3 Å². The molecule has 0 fully saturated rings. The van der Waals surface area contributed by atoms with E-state index in [0.717, 1.165) is 12.8 Å². The Balaban J connectivity index is 3.29. The van der Waals surface area contributed by atoms with E-state index in [2.05, 4.69) is 84.5 Å². The molecule has 24 heavy (non-hydrogen) atoms. The molecule has 1 aliphatic carbocycles. The van der Waals surface area contributed by atoms with Crippen molar-refractivity contribution in [1.82, 2.24) is 0 Å². The van der Waals surface area contributed by atoms with E-state index in [1.807, 2.05) is 0 Å². The molecule has 0 aromatic rings. The Kier molecular flexibility index (Phi) is 6.76. The average molecular weight is 352 g/mol. The molecule has 0 unspecified atom stereocenters. The Bertz CT molecular complexity index is 479. The van der Waals surface area contributed by atoms with Gasteiger partial charge in [-0.3, -0.25) is 0 Å². The van der Waals surface area contributed by atoms with Crippen LogP contribution < -0.4 is 0 Å². The minimum Gasteiger partial charge on any atom is -0.402 e. The predicted molar refractivity (Wildman–Crippen MR) is 105 cm³/mol. The van der Waals surface area contributed by atoms with Crippen LogP contribution in [-0.4, -0.2) is 14.0 Å². The van der Waals surface area contributed by atoms with Crippen LogP contribution in [0.15, 0.2) is 17.3 Å². The third kappa shape index (κ3) is 4.25. The molecule has 0 radical (unpaired) electrons. The molecule has 0 spiro atoms. The Morgan fingerprint density at radius 2 is 1.62 bits per heavy atom. The van der Waals surface area contributed by atoms with Crippen LogP contribution in [-0.2, 0) is 4.43 Å². The predicted octanol–water partition coefficient (Wildman–Crippen LogP) is 7.20. The molecule has 1 aliphatic rings. The van der Waals surface area contributed by atoms with E-state index in [9.17, 15) is 5.53 Å². The summed E-state index contributed by atoms with van der Waals surface area (Å²) in [6.45, 7) is 20.4. The molecule has 0 amide bonds. The van der Waals surface area contributed by atoms with E-state index in [-0.39, 0.29) is 5.41 Å². The second kappa shape index (κ2) is 7.63. The summed E-state index contributed by atoms with van der Waals surface area (Å²) in [6, 6.07) is 0. The molecule has 4 nitrogen and oxygen atoms in total. The highest BCUT2D eigenvalue weighted by Gasteiger charge is 2.50. The van der Waals surface area contributed by atoms with Gasteiger partial charge in [0.1, 0.15) is 0 Å². The number of rotatable bonds is 6. The molecule has 0 aliphatic heterocycles. The Morgan fingerprint density at radius 3 is 1.92 bits per heavy atom. The highest BCUT2D eigenvalue weighted by Crippen LogP contribution is 2.48. The molecule has 5 heteroatoms. The fourth-order valence-electron chi connectivity index (χ4n) is 4.45. The summed E-state index contributed by atoms with van der Waals surface area (Å²) < 4.78 is 6.88. The molecule has 138 valence electrons. The van der Waals surface area contributed by atoms with Gasteiger partial charge in [0.15, 0.2) is 5.72 Å². The van der Waals surface area contributed by atoms with E-state index < -0.39 is 14.0 Å². The molecule has 0 aromatic carbocycles. The van der Waals surface area contributed by atoms with Crippen molar-refractivity contribution in [2.45, 2.75) is 97.5 Å². The lowest BCUT2D eigenvalue weighted by Gasteiger charge is -2.48. The lowest BCUT2D eigenvalue weighted by Crippen LogP contribution is -2.54. The minimum absolute atomic E-state index is 0.224. The van der Waals surface area contributed by atoms with Gasteiger partial charge in [-0.25, -0.2) is 0 Å². The van der Waals surface area contributed by atoms with E-state index in [1.165, 1.54) is 0 Å². The highest BCUT2D eigenvalue weighted by atomic mass is 28.4. The van der Waals surface area contributed by atoms with E-state index in [0.29, 0.717) is 22.5 Å². The number of nitrogens with zero attached hydrogens (tertiary/aromatic N) is 3. The summed E-state index contributed by atoms with van der Waals surface area (Å²) in [6.07, 6.45) is 6.05. The summed E-state index contributed by atoms with van der Waals surface area (Å²) in [5, 5.41) is 4.17. The van der Waals surface area contributed by atoms with E-state index in [4.69, 9.17) is 4.43 Å². The first kappa shape index (κ1) is 21.3. The van der Waals surface area contributed by atoms with Crippen molar-refractivity contribution in [2.75, 3.05) is 0 Å². The summed E-state index contributed by atoms with van der Waals surface area (Å²) in [4.78, 5) is 3.15. The van der Waals surface area contributed by atoms with Crippen LogP contribution in [0.3, 0.4) is 0 Å². The van der Waals surface area contributed by atoms with Gasteiger partial charge in [-0.1, -0.05) is 79.6 Å². The normalized spacial score (nSPS) is 25.4. The maximum absolute atomic E-state index is 9.18. The number of hydrogen-bond acceptors (Lipinski definition) is 2. The maximum Gasteiger partial charge on any atom is 0.201 e. The van der Waals surface area contributed by atoms with Gasteiger partial charge in [-0.2, -0.15) is 0 Å². The third-order valence-corrected chi connectivity index (χ3v) is 11.9. The van der Waals surface area contributed by atoms with Crippen molar-refractivity contribution in [3.05, 3.63) is 22.6 Å². The molecule has 0 saturated carbocycles. The molecule has 0 bridgehead atoms. The van der Waals surface area contributed by atoms with Crippen molar-refractivity contribution in [3.63, 3.8) is 0 Å². The second-order valence-corrected chi connectivity index (χ2v) is 14.7. The van der Waals surface area contributed by atoms with E-state index >= 15 is 0 Å². The van der Waals surface area contributed by atoms with Gasteiger partial charge >= 0.3 is 0 Å². The van der Waals surface area contributed by atoms with Crippen molar-refractivity contribution in [1.29, 1.82) is 0 Å². The molecule has 2 atom stereocenters. The van der Waals surface area contributed by atoms with Crippen LogP contribution in [0.4, 0.5) is 0 Å². The van der Waals surface area contributed by atoms with E-state index in [1.54, 1.807) is 0 Å². The quantitative estimate of drug-likeness (QED) is 0.164. The van der Waals surface area contributed by atoms with Crippen molar-refractivity contribution in [3.8, 4) is 0 Å². The lowest BCUT2D eigenvalue weighted by molar-refractivity contribution is 0.0713. The van der Waals surface area contributed by atoms with Gasteiger partial charge in [0, 0.05) is 4.91 Å². The van der Waals surface area contributed by atoms with Gasteiger partial charge in [0.2, 0.25) is 8.32 Å². The van der Waals surface area contributed by atoms with Gasteiger partial charge in [0.05, 0.1) is 0 Å². The largest absolute Gasteiger partial charge is 0.402 e. The van der Waals surface area contributed by atoms with Gasteiger partial charge in [-0.15, -0.1) is 0 Å². The first-order valence-electron chi connectivity index (χ1n) is 9.37. The summed E-state index contributed by atoms with van der Waals surface area (Å²) in [5.74, 6) is 0.497. The zero-order valence-electron chi connectivity index (χ0n) is 17.1. The zero-order chi connectivity index (χ0) is 18.8. The average Bonchev–Trinajstić information content (AvgIpc) is 2.43. The van der Waals surface area contributed by atoms with Gasteiger partial charge in [0.25, 0.3) is 0 Å². The molecule has 0 heterocycles. The number of hydrogen-bond donors (Lipinski definition) is 0. The Labute approximate surface area is 149 Å². The van der Waals surface area contributed by atoms with Gasteiger partial charge < -0.3 is 4.43 Å². The van der Waals surface area contributed by atoms with Crippen molar-refractivity contribution in [2.24, 2.45) is 16.4 Å². The summed E-state index contributed by atoms with van der Waals surface area (Å²) in [5.41, 5.74) is 10.0. The smallest absolute Gasteiger partial charge is 0.201 e. The Morgan fingerprint density at radius 1 is 1.12 bits per heavy atom. The molecular formula is C19H37N3OSi. The van der Waals surface area contributed by atoms with Crippen LogP contribution >= 0.6 is 0 Å². The second-order valence-electron chi connectivity index (χ2n) is 9.32. The standard InChI is InChI=1S/C19H37N3OSi/c1-14(2)24(15(3)4,16(5)6)23-19(21-22-20)12-10-17(11-13-19)18(7,8)9/h10,12,14-17H,11,13H2,1-9H3/t17-,19-/m0/s1. The maximum atomic E-state index is 9.18. The fourth-order valence-corrected chi connectivity index (χ4v) is 9.98. The number of allylic oxidation sites excluding steroid dienone is 1.